The molecule has 1 aliphatic heterocycles. The smallest absolute Gasteiger partial charge is 0.0239 e. The molecule has 2 N–H and O–H groups in total. The third-order valence-electron chi connectivity index (χ3n) is 2.48. The van der Waals surface area contributed by atoms with E-state index in [4.69, 9.17) is 0 Å². The van der Waals surface area contributed by atoms with E-state index in [1.165, 1.54) is 24.3 Å². The van der Waals surface area contributed by atoms with Crippen LogP contribution in [0, 0.1) is 0 Å². The van der Waals surface area contributed by atoms with Gasteiger partial charge in [-0.15, -0.1) is 0 Å². The second-order valence-electron chi connectivity index (χ2n) is 3.70. The van der Waals surface area contributed by atoms with Crippen molar-refractivity contribution >= 4 is 27.9 Å². The first-order valence-corrected chi connectivity index (χ1v) is 6.84. The van der Waals surface area contributed by atoms with Gasteiger partial charge in [-0.3, -0.25) is 4.72 Å². The molecular formula is C11H15BrN2S. The summed E-state index contributed by atoms with van der Waals surface area (Å²) in [5.74, 6) is 0. The summed E-state index contributed by atoms with van der Waals surface area (Å²) in [5, 5.41) is 3.47. The molecule has 1 aromatic carbocycles. The van der Waals surface area contributed by atoms with Gasteiger partial charge >= 0.3 is 0 Å². The van der Waals surface area contributed by atoms with Crippen molar-refractivity contribution in [3.05, 3.63) is 28.7 Å². The molecule has 1 aromatic rings. The number of nitrogens with one attached hydrogen (secondary N) is 2. The maximum absolute atomic E-state index is 3.47. The highest BCUT2D eigenvalue weighted by Crippen LogP contribution is 2.19. The lowest BCUT2D eigenvalue weighted by Gasteiger charge is -2.10. The zero-order valence-electron chi connectivity index (χ0n) is 8.50. The van der Waals surface area contributed by atoms with E-state index in [1.807, 2.05) is 6.07 Å². The van der Waals surface area contributed by atoms with Crippen LogP contribution >= 0.6 is 27.9 Å². The minimum atomic E-state index is 0.657. The van der Waals surface area contributed by atoms with Crippen molar-refractivity contribution in [2.24, 2.45) is 0 Å². The molecule has 1 aliphatic rings. The first-order valence-electron chi connectivity index (χ1n) is 5.23. The van der Waals surface area contributed by atoms with Crippen LogP contribution in [0.1, 0.15) is 12.8 Å². The van der Waals surface area contributed by atoms with Crippen LogP contribution in [0.2, 0.25) is 0 Å². The van der Waals surface area contributed by atoms with Crippen molar-refractivity contribution < 1.29 is 0 Å². The summed E-state index contributed by atoms with van der Waals surface area (Å²) < 4.78 is 4.54. The summed E-state index contributed by atoms with van der Waals surface area (Å²) in [6.07, 6.45) is 2.61. The van der Waals surface area contributed by atoms with Crippen LogP contribution in [-0.2, 0) is 0 Å². The Balaban J connectivity index is 1.73. The third-order valence-corrected chi connectivity index (χ3v) is 3.77. The first kappa shape index (κ1) is 11.5. The van der Waals surface area contributed by atoms with Crippen molar-refractivity contribution in [1.29, 1.82) is 0 Å². The van der Waals surface area contributed by atoms with Gasteiger partial charge in [-0.2, -0.15) is 0 Å². The van der Waals surface area contributed by atoms with E-state index in [0.717, 1.165) is 11.0 Å². The Kier molecular flexibility index (Phi) is 4.50. The summed E-state index contributed by atoms with van der Waals surface area (Å²) in [6.45, 7) is 2.21. The van der Waals surface area contributed by atoms with Crippen molar-refractivity contribution in [3.8, 4) is 0 Å². The molecule has 82 valence electrons. The monoisotopic (exact) mass is 286 g/mol. The summed E-state index contributed by atoms with van der Waals surface area (Å²) in [6, 6.07) is 9.00. The Morgan fingerprint density at radius 2 is 2.47 bits per heavy atom. The minimum absolute atomic E-state index is 0.657. The molecule has 1 atom stereocenters. The second-order valence-corrected chi connectivity index (χ2v) is 5.58. The Labute approximate surface area is 103 Å². The topological polar surface area (TPSA) is 24.1 Å². The molecule has 1 heterocycles. The lowest BCUT2D eigenvalue weighted by atomic mass is 10.2. The highest BCUT2D eigenvalue weighted by Gasteiger charge is 2.12. The Morgan fingerprint density at radius 1 is 1.53 bits per heavy atom. The maximum atomic E-state index is 3.47. The van der Waals surface area contributed by atoms with E-state index in [-0.39, 0.29) is 0 Å². The zero-order chi connectivity index (χ0) is 10.5. The van der Waals surface area contributed by atoms with Crippen molar-refractivity contribution in [2.45, 2.75) is 23.8 Å². The zero-order valence-corrected chi connectivity index (χ0v) is 10.9. The van der Waals surface area contributed by atoms with Crippen molar-refractivity contribution in [3.63, 3.8) is 0 Å². The fraction of sp³-hybridized carbons (Fsp3) is 0.455. The van der Waals surface area contributed by atoms with Crippen LogP contribution in [0.15, 0.2) is 33.6 Å². The molecule has 0 aromatic heterocycles. The van der Waals surface area contributed by atoms with Crippen molar-refractivity contribution in [2.75, 3.05) is 13.1 Å². The molecule has 0 aliphatic carbocycles. The van der Waals surface area contributed by atoms with E-state index < -0.39 is 0 Å². The fourth-order valence-corrected chi connectivity index (χ4v) is 3.02. The van der Waals surface area contributed by atoms with E-state index in [2.05, 4.69) is 44.2 Å². The second kappa shape index (κ2) is 5.89. The van der Waals surface area contributed by atoms with Gasteiger partial charge in [0.15, 0.2) is 0 Å². The summed E-state index contributed by atoms with van der Waals surface area (Å²) in [4.78, 5) is 1.25. The van der Waals surface area contributed by atoms with E-state index in [9.17, 15) is 0 Å². The van der Waals surface area contributed by atoms with Gasteiger partial charge in [0, 0.05) is 22.0 Å². The Hall–Kier alpha value is -0.0300. The molecule has 0 amide bonds. The minimum Gasteiger partial charge on any atom is -0.313 e. The fourth-order valence-electron chi connectivity index (χ4n) is 1.69. The van der Waals surface area contributed by atoms with Crippen LogP contribution in [0.25, 0.3) is 0 Å². The average Bonchev–Trinajstić information content (AvgIpc) is 2.71. The van der Waals surface area contributed by atoms with Gasteiger partial charge < -0.3 is 5.32 Å². The van der Waals surface area contributed by atoms with E-state index in [0.29, 0.717) is 6.04 Å². The predicted molar refractivity (Wildman–Crippen MR) is 69.0 cm³/mol. The number of rotatable bonds is 4. The molecule has 4 heteroatoms. The standard InChI is InChI=1S/C11H15BrN2S/c12-9-3-1-5-11(7-9)15-14-8-10-4-2-6-13-10/h1,3,5,7,10,13-14H,2,4,6,8H2. The molecule has 1 unspecified atom stereocenters. The lowest BCUT2D eigenvalue weighted by molar-refractivity contribution is 0.600. The molecular weight excluding hydrogens is 272 g/mol. The van der Waals surface area contributed by atoms with Crippen LogP contribution in [-0.4, -0.2) is 19.1 Å². The molecule has 1 saturated heterocycles. The van der Waals surface area contributed by atoms with Gasteiger partial charge in [0.2, 0.25) is 0 Å². The van der Waals surface area contributed by atoms with Gasteiger partial charge in [0.25, 0.3) is 0 Å². The maximum Gasteiger partial charge on any atom is 0.0239 e. The molecule has 0 radical (unpaired) electrons. The van der Waals surface area contributed by atoms with E-state index in [1.54, 1.807) is 11.9 Å². The molecule has 0 saturated carbocycles. The molecule has 2 nitrogen and oxygen atoms in total. The van der Waals surface area contributed by atoms with Crippen molar-refractivity contribution in [1.82, 2.24) is 10.0 Å². The van der Waals surface area contributed by atoms with Gasteiger partial charge in [-0.05, 0) is 49.5 Å². The summed E-state index contributed by atoms with van der Waals surface area (Å²) >= 11 is 5.17. The molecule has 1 fully saturated rings. The molecule has 0 bridgehead atoms. The number of hydrogen-bond acceptors (Lipinski definition) is 3. The van der Waals surface area contributed by atoms with Gasteiger partial charge in [-0.25, -0.2) is 0 Å². The highest BCUT2D eigenvalue weighted by atomic mass is 79.9. The van der Waals surface area contributed by atoms with Crippen LogP contribution in [0.4, 0.5) is 0 Å². The highest BCUT2D eigenvalue weighted by molar-refractivity contribution is 9.10. The quantitative estimate of drug-likeness (QED) is 0.833. The van der Waals surface area contributed by atoms with E-state index >= 15 is 0 Å². The lowest BCUT2D eigenvalue weighted by Crippen LogP contribution is -2.30. The molecule has 15 heavy (non-hydrogen) atoms. The third kappa shape index (κ3) is 3.79. The number of benzene rings is 1. The molecule has 2 rings (SSSR count). The van der Waals surface area contributed by atoms with Gasteiger partial charge in [0.1, 0.15) is 0 Å². The largest absolute Gasteiger partial charge is 0.313 e. The number of halogens is 1. The summed E-state index contributed by atoms with van der Waals surface area (Å²) in [5.41, 5.74) is 0. The average molecular weight is 287 g/mol. The van der Waals surface area contributed by atoms with Crippen LogP contribution in [0.3, 0.4) is 0 Å². The molecule has 0 spiro atoms. The normalized spacial score (nSPS) is 20.7. The Morgan fingerprint density at radius 3 is 3.20 bits per heavy atom. The Bertz CT molecular complexity index is 313. The SMILES string of the molecule is Brc1cccc(SNCC2CCCN2)c1. The summed E-state index contributed by atoms with van der Waals surface area (Å²) in [7, 11) is 0. The van der Waals surface area contributed by atoms with Crippen LogP contribution in [0.5, 0.6) is 0 Å². The number of hydrogen-bond donors (Lipinski definition) is 2. The van der Waals surface area contributed by atoms with Gasteiger partial charge in [0.05, 0.1) is 0 Å². The van der Waals surface area contributed by atoms with Crippen LogP contribution < -0.4 is 10.0 Å². The predicted octanol–water partition coefficient (Wildman–Crippen LogP) is 2.80. The first-order chi connectivity index (χ1) is 7.34. The van der Waals surface area contributed by atoms with Gasteiger partial charge in [-0.1, -0.05) is 22.0 Å².